The average Bonchev–Trinajstić information content (AvgIpc) is 2.35. The fourth-order valence-corrected chi connectivity index (χ4v) is 4.42. The first-order chi connectivity index (χ1) is 8.25. The number of thioether (sulfide) groups is 2. The maximum Gasteiger partial charge on any atom is 0.126 e. The highest BCUT2D eigenvalue weighted by Gasteiger charge is 2.13. The van der Waals surface area contributed by atoms with Crippen LogP contribution in [0.15, 0.2) is 18.2 Å². The molecule has 1 aromatic carbocycles. The zero-order chi connectivity index (χ0) is 12.1. The Labute approximate surface area is 111 Å². The van der Waals surface area contributed by atoms with E-state index in [0.717, 1.165) is 18.7 Å². The molecule has 1 N–H and O–H groups in total. The minimum atomic E-state index is -0.105. The maximum absolute atomic E-state index is 13.3. The van der Waals surface area contributed by atoms with E-state index in [1.54, 1.807) is 13.0 Å². The lowest BCUT2D eigenvalue weighted by Gasteiger charge is -2.21. The van der Waals surface area contributed by atoms with E-state index in [4.69, 9.17) is 0 Å². The van der Waals surface area contributed by atoms with Gasteiger partial charge in [-0.1, -0.05) is 12.1 Å². The second kappa shape index (κ2) is 6.66. The van der Waals surface area contributed by atoms with Crippen LogP contribution in [0.3, 0.4) is 0 Å². The van der Waals surface area contributed by atoms with Crippen LogP contribution in [0.5, 0.6) is 0 Å². The third-order valence-electron chi connectivity index (χ3n) is 2.82. The Hall–Kier alpha value is -0.190. The molecule has 2 rings (SSSR count). The van der Waals surface area contributed by atoms with Gasteiger partial charge in [0.05, 0.1) is 0 Å². The molecule has 1 saturated heterocycles. The van der Waals surface area contributed by atoms with Gasteiger partial charge in [0.1, 0.15) is 5.82 Å². The minimum absolute atomic E-state index is 0.105. The van der Waals surface area contributed by atoms with Crippen LogP contribution < -0.4 is 5.32 Å². The molecular formula is C13H18FNS2. The first-order valence-electron chi connectivity index (χ1n) is 5.91. The van der Waals surface area contributed by atoms with Crippen LogP contribution in [0.25, 0.3) is 0 Å². The lowest BCUT2D eigenvalue weighted by molar-refractivity contribution is 0.611. The Kier molecular flexibility index (Phi) is 5.19. The molecule has 0 bridgehead atoms. The molecule has 1 aliphatic heterocycles. The molecule has 1 aromatic rings. The van der Waals surface area contributed by atoms with Crippen molar-refractivity contribution in [3.05, 3.63) is 35.1 Å². The summed E-state index contributed by atoms with van der Waals surface area (Å²) in [5.41, 5.74) is 1.74. The van der Waals surface area contributed by atoms with E-state index in [9.17, 15) is 4.39 Å². The number of nitrogens with one attached hydrogen (secondary N) is 1. The first kappa shape index (κ1) is 13.2. The van der Waals surface area contributed by atoms with E-state index in [2.05, 4.69) is 5.32 Å². The Bertz CT molecular complexity index is 364. The first-order valence-corrected chi connectivity index (χ1v) is 8.11. The van der Waals surface area contributed by atoms with Crippen molar-refractivity contribution < 1.29 is 4.39 Å². The Morgan fingerprint density at radius 2 is 2.29 bits per heavy atom. The average molecular weight is 271 g/mol. The third-order valence-corrected chi connectivity index (χ3v) is 5.67. The zero-order valence-electron chi connectivity index (χ0n) is 10.0. The summed E-state index contributed by atoms with van der Waals surface area (Å²) >= 11 is 4.08. The van der Waals surface area contributed by atoms with Crippen LogP contribution in [0.4, 0.5) is 4.39 Å². The topological polar surface area (TPSA) is 12.0 Å². The van der Waals surface area contributed by atoms with Gasteiger partial charge < -0.3 is 5.32 Å². The predicted molar refractivity (Wildman–Crippen MR) is 76.4 cm³/mol. The van der Waals surface area contributed by atoms with Gasteiger partial charge >= 0.3 is 0 Å². The Balaban J connectivity index is 1.75. The summed E-state index contributed by atoms with van der Waals surface area (Å²) in [6.45, 7) is 3.58. The van der Waals surface area contributed by atoms with Gasteiger partial charge in [0.25, 0.3) is 0 Å². The fraction of sp³-hybridized carbons (Fsp3) is 0.538. The molecule has 0 amide bonds. The molecule has 1 aliphatic rings. The van der Waals surface area contributed by atoms with E-state index in [0.29, 0.717) is 10.8 Å². The molecule has 1 fully saturated rings. The molecule has 0 radical (unpaired) electrons. The predicted octanol–water partition coefficient (Wildman–Crippen LogP) is 3.07. The molecule has 1 atom stereocenters. The smallest absolute Gasteiger partial charge is 0.126 e. The molecule has 1 nitrogen and oxygen atoms in total. The van der Waals surface area contributed by atoms with E-state index in [1.807, 2.05) is 35.7 Å². The lowest BCUT2D eigenvalue weighted by atomic mass is 10.1. The van der Waals surface area contributed by atoms with Crippen molar-refractivity contribution in [2.75, 3.05) is 23.8 Å². The Morgan fingerprint density at radius 3 is 3.00 bits per heavy atom. The summed E-state index contributed by atoms with van der Waals surface area (Å²) in [5, 5.41) is 4.13. The van der Waals surface area contributed by atoms with Gasteiger partial charge in [0.2, 0.25) is 0 Å². The molecule has 1 unspecified atom stereocenters. The van der Waals surface area contributed by atoms with E-state index < -0.39 is 0 Å². The summed E-state index contributed by atoms with van der Waals surface area (Å²) in [6.07, 6.45) is 0. The number of benzene rings is 1. The Morgan fingerprint density at radius 1 is 1.41 bits per heavy atom. The van der Waals surface area contributed by atoms with Crippen molar-refractivity contribution in [1.82, 2.24) is 5.32 Å². The monoisotopic (exact) mass is 271 g/mol. The van der Waals surface area contributed by atoms with Crippen LogP contribution >= 0.6 is 23.5 Å². The van der Waals surface area contributed by atoms with Gasteiger partial charge in [-0.2, -0.15) is 23.5 Å². The summed E-state index contributed by atoms with van der Waals surface area (Å²) < 4.78 is 13.3. The van der Waals surface area contributed by atoms with E-state index in [-0.39, 0.29) is 5.82 Å². The molecule has 1 heterocycles. The summed E-state index contributed by atoms with van der Waals surface area (Å²) in [4.78, 5) is 0. The van der Waals surface area contributed by atoms with E-state index in [1.165, 1.54) is 17.3 Å². The molecule has 0 saturated carbocycles. The maximum atomic E-state index is 13.3. The molecule has 0 spiro atoms. The minimum Gasteiger partial charge on any atom is -0.312 e. The molecule has 17 heavy (non-hydrogen) atoms. The number of hydrogen-bond acceptors (Lipinski definition) is 3. The van der Waals surface area contributed by atoms with Crippen LogP contribution in [0.2, 0.25) is 0 Å². The van der Waals surface area contributed by atoms with Crippen molar-refractivity contribution in [3.8, 4) is 0 Å². The highest BCUT2D eigenvalue weighted by molar-refractivity contribution is 8.06. The van der Waals surface area contributed by atoms with Gasteiger partial charge in [-0.3, -0.25) is 0 Å². The zero-order valence-corrected chi connectivity index (χ0v) is 11.7. The standard InChI is InChI=1S/C13H18FNS2/c1-10-2-3-11(6-13(10)14)7-15-8-12-9-16-4-5-17-12/h2-3,6,12,15H,4-5,7-9H2,1H3. The van der Waals surface area contributed by atoms with Crippen molar-refractivity contribution in [3.63, 3.8) is 0 Å². The third kappa shape index (κ3) is 4.19. The SMILES string of the molecule is Cc1ccc(CNCC2CSCCS2)cc1F. The van der Waals surface area contributed by atoms with Crippen LogP contribution in [-0.4, -0.2) is 29.1 Å². The van der Waals surface area contributed by atoms with E-state index >= 15 is 0 Å². The molecule has 0 aromatic heterocycles. The fourth-order valence-electron chi connectivity index (χ4n) is 1.78. The number of hydrogen-bond donors (Lipinski definition) is 1. The van der Waals surface area contributed by atoms with Crippen LogP contribution in [0, 0.1) is 12.7 Å². The van der Waals surface area contributed by atoms with Crippen LogP contribution in [-0.2, 0) is 6.54 Å². The number of halogens is 1. The van der Waals surface area contributed by atoms with Crippen molar-refractivity contribution >= 4 is 23.5 Å². The van der Waals surface area contributed by atoms with Gasteiger partial charge in [-0.05, 0) is 24.1 Å². The molecule has 94 valence electrons. The second-order valence-electron chi connectivity index (χ2n) is 4.28. The molecular weight excluding hydrogens is 253 g/mol. The normalized spacial score (nSPS) is 20.5. The largest absolute Gasteiger partial charge is 0.312 e. The molecule has 0 aliphatic carbocycles. The quantitative estimate of drug-likeness (QED) is 0.904. The summed E-state index contributed by atoms with van der Waals surface area (Å²) in [6, 6.07) is 5.47. The van der Waals surface area contributed by atoms with Gasteiger partial charge in [0.15, 0.2) is 0 Å². The highest BCUT2D eigenvalue weighted by Crippen LogP contribution is 2.23. The van der Waals surface area contributed by atoms with Crippen molar-refractivity contribution in [2.24, 2.45) is 0 Å². The number of aryl methyl sites for hydroxylation is 1. The number of rotatable bonds is 4. The lowest BCUT2D eigenvalue weighted by Crippen LogP contribution is -2.28. The van der Waals surface area contributed by atoms with Gasteiger partial charge in [-0.25, -0.2) is 4.39 Å². The summed E-state index contributed by atoms with van der Waals surface area (Å²) in [5.74, 6) is 3.67. The second-order valence-corrected chi connectivity index (χ2v) is 6.84. The summed E-state index contributed by atoms with van der Waals surface area (Å²) in [7, 11) is 0. The van der Waals surface area contributed by atoms with Gasteiger partial charge in [-0.15, -0.1) is 0 Å². The van der Waals surface area contributed by atoms with Crippen molar-refractivity contribution in [2.45, 2.75) is 18.7 Å². The molecule has 4 heteroatoms. The van der Waals surface area contributed by atoms with Gasteiger partial charge in [0, 0.05) is 35.6 Å². The van der Waals surface area contributed by atoms with Crippen molar-refractivity contribution in [1.29, 1.82) is 0 Å². The van der Waals surface area contributed by atoms with Crippen LogP contribution in [0.1, 0.15) is 11.1 Å². The highest BCUT2D eigenvalue weighted by atomic mass is 32.2.